The molecule has 0 unspecified atom stereocenters. The second-order valence-corrected chi connectivity index (χ2v) is 5.93. The topological polar surface area (TPSA) is 32.3 Å². The number of likely N-dealkylation sites (tertiary alicyclic amines) is 1. The lowest BCUT2D eigenvalue weighted by Gasteiger charge is -2.19. The van der Waals surface area contributed by atoms with E-state index in [0.29, 0.717) is 6.42 Å². The number of anilines is 1. The van der Waals surface area contributed by atoms with Crippen molar-refractivity contribution in [2.75, 3.05) is 25.0 Å². The molecule has 1 N–H and O–H groups in total. The Labute approximate surface area is 134 Å². The van der Waals surface area contributed by atoms with Crippen LogP contribution in [0.3, 0.4) is 0 Å². The molecule has 0 radical (unpaired) electrons. The smallest absolute Gasteiger partial charge is 0.225 e. The minimum Gasteiger partial charge on any atom is -0.326 e. The van der Waals surface area contributed by atoms with Crippen LogP contribution in [0.1, 0.15) is 43.2 Å². The third-order valence-corrected chi connectivity index (χ3v) is 3.86. The van der Waals surface area contributed by atoms with Crippen molar-refractivity contribution in [1.82, 2.24) is 4.90 Å². The molecule has 21 heavy (non-hydrogen) atoms. The monoisotopic (exact) mass is 310 g/mol. The fourth-order valence-electron chi connectivity index (χ4n) is 2.89. The van der Waals surface area contributed by atoms with E-state index in [9.17, 15) is 4.79 Å². The van der Waals surface area contributed by atoms with E-state index in [0.717, 1.165) is 25.3 Å². The van der Waals surface area contributed by atoms with Crippen LogP contribution in [0.25, 0.3) is 0 Å². The van der Waals surface area contributed by atoms with Crippen molar-refractivity contribution in [2.24, 2.45) is 0 Å². The number of hydrogen-bond acceptors (Lipinski definition) is 2. The maximum Gasteiger partial charge on any atom is 0.225 e. The van der Waals surface area contributed by atoms with E-state index < -0.39 is 0 Å². The molecular weight excluding hydrogens is 284 g/mol. The summed E-state index contributed by atoms with van der Waals surface area (Å²) in [7, 11) is 0. The largest absolute Gasteiger partial charge is 0.326 e. The number of benzene rings is 1. The van der Waals surface area contributed by atoms with Crippen molar-refractivity contribution in [3.63, 3.8) is 0 Å². The number of hydrogen-bond donors (Lipinski definition) is 1. The first-order valence-corrected chi connectivity index (χ1v) is 7.74. The number of nitrogens with one attached hydrogen (secondary N) is 1. The molecule has 0 spiro atoms. The third kappa shape index (κ3) is 6.49. The summed E-state index contributed by atoms with van der Waals surface area (Å²) in [6, 6.07) is 6.17. The second kappa shape index (κ2) is 9.06. The molecule has 1 saturated heterocycles. The Balaban J connectivity index is 0.00000220. The summed E-state index contributed by atoms with van der Waals surface area (Å²) >= 11 is 0. The molecule has 1 aliphatic rings. The lowest BCUT2D eigenvalue weighted by Crippen LogP contribution is -2.28. The van der Waals surface area contributed by atoms with Crippen LogP contribution in [0.2, 0.25) is 0 Å². The van der Waals surface area contributed by atoms with Gasteiger partial charge >= 0.3 is 0 Å². The zero-order chi connectivity index (χ0) is 14.4. The maximum atomic E-state index is 12.0. The molecule has 1 aromatic carbocycles. The summed E-state index contributed by atoms with van der Waals surface area (Å²) in [5.74, 6) is 0.124. The summed E-state index contributed by atoms with van der Waals surface area (Å²) in [6.07, 6.45) is 5.82. The van der Waals surface area contributed by atoms with E-state index in [-0.39, 0.29) is 18.3 Å². The summed E-state index contributed by atoms with van der Waals surface area (Å²) < 4.78 is 0. The fourth-order valence-corrected chi connectivity index (χ4v) is 2.89. The van der Waals surface area contributed by atoms with Crippen molar-refractivity contribution >= 4 is 24.0 Å². The van der Waals surface area contributed by atoms with Gasteiger partial charge in [0.25, 0.3) is 0 Å². The van der Waals surface area contributed by atoms with E-state index in [4.69, 9.17) is 0 Å². The van der Waals surface area contributed by atoms with Gasteiger partial charge in [0.15, 0.2) is 0 Å². The summed E-state index contributed by atoms with van der Waals surface area (Å²) in [6.45, 7) is 7.30. The average molecular weight is 311 g/mol. The first-order valence-electron chi connectivity index (χ1n) is 7.74. The van der Waals surface area contributed by atoms with E-state index >= 15 is 0 Å². The molecule has 118 valence electrons. The van der Waals surface area contributed by atoms with Gasteiger partial charge in [-0.1, -0.05) is 18.9 Å². The molecule has 0 aliphatic carbocycles. The van der Waals surface area contributed by atoms with E-state index in [1.165, 1.54) is 36.8 Å². The van der Waals surface area contributed by atoms with Crippen LogP contribution >= 0.6 is 12.4 Å². The molecular formula is C17H27ClN2O. The van der Waals surface area contributed by atoms with Gasteiger partial charge in [0.05, 0.1) is 0 Å². The fraction of sp³-hybridized carbons (Fsp3) is 0.588. The van der Waals surface area contributed by atoms with Gasteiger partial charge in [-0.25, -0.2) is 0 Å². The minimum atomic E-state index is 0. The SMILES string of the molecule is Cc1cc(C)cc(NC(=O)CCN2CCCCCC2)c1.Cl. The van der Waals surface area contributed by atoms with Gasteiger partial charge in [0, 0.05) is 18.7 Å². The first kappa shape index (κ1) is 18.0. The van der Waals surface area contributed by atoms with Crippen LogP contribution in [0.5, 0.6) is 0 Å². The van der Waals surface area contributed by atoms with E-state index in [1.54, 1.807) is 0 Å². The third-order valence-electron chi connectivity index (χ3n) is 3.86. The highest BCUT2D eigenvalue weighted by Gasteiger charge is 2.11. The quantitative estimate of drug-likeness (QED) is 0.914. The van der Waals surface area contributed by atoms with Crippen molar-refractivity contribution in [2.45, 2.75) is 46.0 Å². The van der Waals surface area contributed by atoms with Gasteiger partial charge in [-0.05, 0) is 63.0 Å². The van der Waals surface area contributed by atoms with Crippen LogP contribution in [-0.2, 0) is 4.79 Å². The molecule has 0 saturated carbocycles. The number of carbonyl (C=O) groups excluding carboxylic acids is 1. The van der Waals surface area contributed by atoms with Crippen LogP contribution in [0.15, 0.2) is 18.2 Å². The van der Waals surface area contributed by atoms with E-state index in [2.05, 4.69) is 30.1 Å². The molecule has 0 bridgehead atoms. The Kier molecular flexibility index (Phi) is 7.76. The molecule has 0 aromatic heterocycles. The molecule has 1 heterocycles. The number of nitrogens with zero attached hydrogens (tertiary/aromatic N) is 1. The van der Waals surface area contributed by atoms with Gasteiger partial charge < -0.3 is 10.2 Å². The summed E-state index contributed by atoms with van der Waals surface area (Å²) in [4.78, 5) is 14.5. The number of amides is 1. The lowest BCUT2D eigenvalue weighted by atomic mass is 10.1. The predicted molar refractivity (Wildman–Crippen MR) is 91.3 cm³/mol. The maximum absolute atomic E-state index is 12.0. The Morgan fingerprint density at radius 2 is 1.62 bits per heavy atom. The lowest BCUT2D eigenvalue weighted by molar-refractivity contribution is -0.116. The highest BCUT2D eigenvalue weighted by Crippen LogP contribution is 2.14. The zero-order valence-electron chi connectivity index (χ0n) is 13.2. The highest BCUT2D eigenvalue weighted by atomic mass is 35.5. The summed E-state index contributed by atoms with van der Waals surface area (Å²) in [5.41, 5.74) is 3.30. The van der Waals surface area contributed by atoms with Gasteiger partial charge in [-0.2, -0.15) is 0 Å². The van der Waals surface area contributed by atoms with Gasteiger partial charge in [-0.15, -0.1) is 12.4 Å². The molecule has 1 amide bonds. The Morgan fingerprint density at radius 3 is 2.19 bits per heavy atom. The Hall–Kier alpha value is -1.06. The molecule has 0 atom stereocenters. The van der Waals surface area contributed by atoms with Crippen LogP contribution in [0, 0.1) is 13.8 Å². The molecule has 4 heteroatoms. The molecule has 1 aliphatic heterocycles. The van der Waals surface area contributed by atoms with Crippen LogP contribution < -0.4 is 5.32 Å². The predicted octanol–water partition coefficient (Wildman–Crippen LogP) is 3.93. The Bertz CT molecular complexity index is 434. The van der Waals surface area contributed by atoms with Crippen LogP contribution in [-0.4, -0.2) is 30.4 Å². The van der Waals surface area contributed by atoms with Crippen molar-refractivity contribution in [3.05, 3.63) is 29.3 Å². The molecule has 3 nitrogen and oxygen atoms in total. The average Bonchev–Trinajstić information content (AvgIpc) is 2.63. The van der Waals surface area contributed by atoms with Crippen molar-refractivity contribution in [1.29, 1.82) is 0 Å². The number of carbonyl (C=O) groups is 1. The molecule has 1 aromatic rings. The van der Waals surface area contributed by atoms with Crippen LogP contribution in [0.4, 0.5) is 5.69 Å². The zero-order valence-corrected chi connectivity index (χ0v) is 14.0. The molecule has 1 fully saturated rings. The second-order valence-electron chi connectivity index (χ2n) is 5.93. The standard InChI is InChI=1S/C17H26N2O.ClH/c1-14-11-15(2)13-16(12-14)18-17(20)7-10-19-8-5-3-4-6-9-19;/h11-13H,3-10H2,1-2H3,(H,18,20);1H. The summed E-state index contributed by atoms with van der Waals surface area (Å²) in [5, 5.41) is 3.01. The van der Waals surface area contributed by atoms with Crippen molar-refractivity contribution in [3.8, 4) is 0 Å². The highest BCUT2D eigenvalue weighted by molar-refractivity contribution is 5.91. The Morgan fingerprint density at radius 1 is 1.05 bits per heavy atom. The minimum absolute atomic E-state index is 0. The van der Waals surface area contributed by atoms with Gasteiger partial charge in [-0.3, -0.25) is 4.79 Å². The molecule has 2 rings (SSSR count). The number of aryl methyl sites for hydroxylation is 2. The van der Waals surface area contributed by atoms with Crippen molar-refractivity contribution < 1.29 is 4.79 Å². The van der Waals surface area contributed by atoms with Gasteiger partial charge in [0.2, 0.25) is 5.91 Å². The normalized spacial score (nSPS) is 15.9. The number of rotatable bonds is 4. The van der Waals surface area contributed by atoms with Gasteiger partial charge in [0.1, 0.15) is 0 Å². The van der Waals surface area contributed by atoms with E-state index in [1.807, 2.05) is 12.1 Å². The first-order chi connectivity index (χ1) is 9.63. The number of halogens is 1.